The Bertz CT molecular complexity index is 1520. The number of fused-ring (bicyclic) bond motifs is 1. The van der Waals surface area contributed by atoms with Gasteiger partial charge in [0.15, 0.2) is 0 Å². The lowest BCUT2D eigenvalue weighted by molar-refractivity contribution is 0.123. The Morgan fingerprint density at radius 3 is 2.52 bits per heavy atom. The van der Waals surface area contributed by atoms with E-state index in [2.05, 4.69) is 69.2 Å². The maximum Gasteiger partial charge on any atom is 0.266 e. The molecule has 40 heavy (non-hydrogen) atoms. The number of hydrogen-bond donors (Lipinski definition) is 1. The number of nitrogens with zero attached hydrogens (tertiary/aromatic N) is 6. The van der Waals surface area contributed by atoms with Crippen molar-refractivity contribution in [2.24, 2.45) is 13.0 Å². The molecule has 1 N–H and O–H groups in total. The lowest BCUT2D eigenvalue weighted by Crippen LogP contribution is -2.27. The normalized spacial score (nSPS) is 21.6. The molecule has 4 heterocycles. The van der Waals surface area contributed by atoms with Crippen LogP contribution < -0.4 is 15.6 Å². The highest BCUT2D eigenvalue weighted by Crippen LogP contribution is 2.36. The Morgan fingerprint density at radius 2 is 1.82 bits per heavy atom. The predicted octanol–water partition coefficient (Wildman–Crippen LogP) is 5.03. The van der Waals surface area contributed by atoms with Crippen LogP contribution in [0.5, 0.6) is 5.88 Å². The van der Waals surface area contributed by atoms with E-state index >= 15 is 0 Å². The summed E-state index contributed by atoms with van der Waals surface area (Å²) >= 11 is 0. The van der Waals surface area contributed by atoms with Crippen molar-refractivity contribution in [1.29, 1.82) is 0 Å². The largest absolute Gasteiger partial charge is 0.473 e. The topological polar surface area (TPSA) is 90.1 Å². The highest BCUT2D eigenvalue weighted by Gasteiger charge is 2.27. The number of aromatic nitrogens is 5. The summed E-state index contributed by atoms with van der Waals surface area (Å²) in [7, 11) is 1.64. The molecule has 9 heteroatoms. The molecule has 1 aromatic carbocycles. The maximum atomic E-state index is 11.7. The highest BCUT2D eigenvalue weighted by atomic mass is 16.5. The van der Waals surface area contributed by atoms with Gasteiger partial charge >= 0.3 is 0 Å². The van der Waals surface area contributed by atoms with Crippen LogP contribution >= 0.6 is 0 Å². The first-order valence-electron chi connectivity index (χ1n) is 14.6. The lowest BCUT2D eigenvalue weighted by atomic mass is 9.93. The van der Waals surface area contributed by atoms with Crippen LogP contribution in [0.2, 0.25) is 0 Å². The Morgan fingerprint density at radius 1 is 1.02 bits per heavy atom. The van der Waals surface area contributed by atoms with Crippen LogP contribution in [0.25, 0.3) is 22.2 Å². The minimum absolute atomic E-state index is 0.0765. The molecule has 1 aliphatic carbocycles. The maximum absolute atomic E-state index is 11.7. The quantitative estimate of drug-likeness (QED) is 0.335. The summed E-state index contributed by atoms with van der Waals surface area (Å²) in [4.78, 5) is 18.9. The molecule has 0 unspecified atom stereocenters. The number of pyridine rings is 1. The van der Waals surface area contributed by atoms with Crippen LogP contribution in [0.1, 0.15) is 57.6 Å². The molecular formula is C31H39N7O2. The summed E-state index contributed by atoms with van der Waals surface area (Å²) < 4.78 is 9.66. The fraction of sp³-hybridized carbons (Fsp3) is 0.484. The molecule has 4 aromatic rings. The zero-order valence-electron chi connectivity index (χ0n) is 23.7. The van der Waals surface area contributed by atoms with Gasteiger partial charge in [0, 0.05) is 62.0 Å². The van der Waals surface area contributed by atoms with E-state index in [0.717, 1.165) is 72.7 Å². The van der Waals surface area contributed by atoms with Crippen LogP contribution in [0.15, 0.2) is 53.5 Å². The SMILES string of the molecule is CCNc1cc2c(cn1)c(-c1ccc(CN3CC[C@@H](C)C3)cc1)nn2C1CCC(Oc2ccc(=O)n(C)n2)CC1. The van der Waals surface area contributed by atoms with Gasteiger partial charge in [-0.1, -0.05) is 31.2 Å². The van der Waals surface area contributed by atoms with Crippen molar-refractivity contribution in [2.45, 2.75) is 64.6 Å². The predicted molar refractivity (Wildman–Crippen MR) is 158 cm³/mol. The van der Waals surface area contributed by atoms with E-state index in [1.54, 1.807) is 13.1 Å². The lowest BCUT2D eigenvalue weighted by Gasteiger charge is -2.29. The first kappa shape index (κ1) is 26.5. The van der Waals surface area contributed by atoms with E-state index in [4.69, 9.17) is 9.84 Å². The van der Waals surface area contributed by atoms with E-state index in [-0.39, 0.29) is 17.7 Å². The highest BCUT2D eigenvalue weighted by molar-refractivity contribution is 5.94. The van der Waals surface area contributed by atoms with E-state index in [1.807, 2.05) is 6.20 Å². The van der Waals surface area contributed by atoms with Gasteiger partial charge in [-0.05, 0) is 57.1 Å². The van der Waals surface area contributed by atoms with Crippen molar-refractivity contribution in [1.82, 2.24) is 29.4 Å². The van der Waals surface area contributed by atoms with Crippen LogP contribution in [-0.4, -0.2) is 55.2 Å². The molecule has 0 radical (unpaired) electrons. The van der Waals surface area contributed by atoms with E-state index in [9.17, 15) is 4.79 Å². The van der Waals surface area contributed by atoms with Crippen molar-refractivity contribution in [3.63, 3.8) is 0 Å². The van der Waals surface area contributed by atoms with Crippen molar-refractivity contribution in [3.05, 3.63) is 64.6 Å². The molecule has 1 saturated carbocycles. The van der Waals surface area contributed by atoms with Gasteiger partial charge in [-0.15, -0.1) is 5.10 Å². The first-order chi connectivity index (χ1) is 19.5. The molecule has 1 atom stereocenters. The second-order valence-electron chi connectivity index (χ2n) is 11.4. The standard InChI is InChI=1S/C31H39N7O2/c1-4-32-28-17-27-26(18-33-28)31(23-7-5-22(6-8-23)20-37-16-15-21(2)19-37)35-38(27)24-9-11-25(12-10-24)40-29-13-14-30(39)36(3)34-29/h5-8,13-14,17-18,21,24-25H,4,9-12,15-16,19-20H2,1-3H3,(H,32,33)/t21-,24?,25?/m1/s1. The first-order valence-corrected chi connectivity index (χ1v) is 14.6. The van der Waals surface area contributed by atoms with Gasteiger partial charge < -0.3 is 10.1 Å². The molecule has 2 aliphatic rings. The number of aryl methyl sites for hydroxylation is 1. The summed E-state index contributed by atoms with van der Waals surface area (Å²) in [6.45, 7) is 8.62. The molecule has 0 spiro atoms. The Balaban J connectivity index is 1.22. The monoisotopic (exact) mass is 541 g/mol. The van der Waals surface area contributed by atoms with Gasteiger partial charge in [0.05, 0.1) is 11.6 Å². The minimum atomic E-state index is -0.139. The zero-order chi connectivity index (χ0) is 27.6. The van der Waals surface area contributed by atoms with Crippen molar-refractivity contribution in [3.8, 4) is 17.1 Å². The summed E-state index contributed by atoms with van der Waals surface area (Å²) in [5, 5.41) is 13.9. The molecule has 210 valence electrons. The number of benzene rings is 1. The fourth-order valence-corrected chi connectivity index (χ4v) is 6.12. The summed E-state index contributed by atoms with van der Waals surface area (Å²) in [6, 6.07) is 14.5. The van der Waals surface area contributed by atoms with Gasteiger partial charge in [-0.25, -0.2) is 9.67 Å². The van der Waals surface area contributed by atoms with Gasteiger partial charge in [0.2, 0.25) is 5.88 Å². The molecule has 1 aliphatic heterocycles. The fourth-order valence-electron chi connectivity index (χ4n) is 6.12. The van der Waals surface area contributed by atoms with Crippen molar-refractivity contribution in [2.75, 3.05) is 25.0 Å². The number of nitrogens with one attached hydrogen (secondary N) is 1. The molecule has 3 aromatic heterocycles. The van der Waals surface area contributed by atoms with Crippen molar-refractivity contribution < 1.29 is 4.74 Å². The summed E-state index contributed by atoms with van der Waals surface area (Å²) in [5.74, 6) is 2.16. The van der Waals surface area contributed by atoms with Gasteiger partial charge in [-0.2, -0.15) is 5.10 Å². The third-order valence-electron chi connectivity index (χ3n) is 8.30. The average molecular weight is 542 g/mol. The molecule has 1 saturated heterocycles. The number of likely N-dealkylation sites (tertiary alicyclic amines) is 1. The Labute approximate surface area is 235 Å². The third kappa shape index (κ3) is 5.61. The molecular weight excluding hydrogens is 502 g/mol. The van der Waals surface area contributed by atoms with Crippen molar-refractivity contribution >= 4 is 16.7 Å². The number of rotatable bonds is 8. The number of hydrogen-bond acceptors (Lipinski definition) is 7. The van der Waals surface area contributed by atoms with E-state index in [0.29, 0.717) is 5.88 Å². The Kier molecular flexibility index (Phi) is 7.56. The smallest absolute Gasteiger partial charge is 0.266 e. The third-order valence-corrected chi connectivity index (χ3v) is 8.30. The number of anilines is 1. The van der Waals surface area contributed by atoms with Crippen LogP contribution in [0, 0.1) is 5.92 Å². The number of ether oxygens (including phenoxy) is 1. The molecule has 9 nitrogen and oxygen atoms in total. The molecule has 0 amide bonds. The molecule has 2 fully saturated rings. The second kappa shape index (κ2) is 11.4. The average Bonchev–Trinajstić information content (AvgIpc) is 3.55. The van der Waals surface area contributed by atoms with E-state index in [1.165, 1.54) is 35.8 Å². The zero-order valence-corrected chi connectivity index (χ0v) is 23.7. The van der Waals surface area contributed by atoms with Crippen LogP contribution in [0.4, 0.5) is 5.82 Å². The van der Waals surface area contributed by atoms with Crippen LogP contribution in [0.3, 0.4) is 0 Å². The van der Waals surface area contributed by atoms with E-state index < -0.39 is 0 Å². The van der Waals surface area contributed by atoms with Gasteiger partial charge in [-0.3, -0.25) is 14.4 Å². The van der Waals surface area contributed by atoms with Crippen LogP contribution in [-0.2, 0) is 13.6 Å². The summed E-state index contributed by atoms with van der Waals surface area (Å²) in [6.07, 6.45) is 7.06. The Hall–Kier alpha value is -3.72. The van der Waals surface area contributed by atoms with Gasteiger partial charge in [0.1, 0.15) is 17.6 Å². The molecule has 0 bridgehead atoms. The minimum Gasteiger partial charge on any atom is -0.473 e. The molecule has 6 rings (SSSR count). The van der Waals surface area contributed by atoms with Gasteiger partial charge in [0.25, 0.3) is 5.56 Å². The summed E-state index contributed by atoms with van der Waals surface area (Å²) in [5.41, 5.74) is 4.43. The second-order valence-corrected chi connectivity index (χ2v) is 11.4.